The Labute approximate surface area is 95.6 Å². The Kier molecular flexibility index (Phi) is 2.75. The summed E-state index contributed by atoms with van der Waals surface area (Å²) in [5.41, 5.74) is 2.41. The lowest BCUT2D eigenvalue weighted by molar-refractivity contribution is 0.0786. The van der Waals surface area contributed by atoms with Crippen LogP contribution in [0.4, 0.5) is 0 Å². The van der Waals surface area contributed by atoms with Gasteiger partial charge in [0, 0.05) is 12.4 Å². The smallest absolute Gasteiger partial charge is 0.0840 e. The van der Waals surface area contributed by atoms with Gasteiger partial charge in [-0.15, -0.1) is 0 Å². The average molecular weight is 213 g/mol. The van der Waals surface area contributed by atoms with E-state index in [0.29, 0.717) is 0 Å². The van der Waals surface area contributed by atoms with Crippen LogP contribution in [0.5, 0.6) is 0 Å². The summed E-state index contributed by atoms with van der Waals surface area (Å²) in [7, 11) is 0. The van der Waals surface area contributed by atoms with Crippen molar-refractivity contribution in [1.29, 1.82) is 0 Å². The zero-order valence-corrected chi connectivity index (χ0v) is 9.51. The molecule has 1 aromatic carbocycles. The predicted octanol–water partition coefficient (Wildman–Crippen LogP) is 2.98. The maximum Gasteiger partial charge on any atom is 0.0840 e. The van der Waals surface area contributed by atoms with E-state index in [9.17, 15) is 5.11 Å². The monoisotopic (exact) mass is 213 g/mol. The van der Waals surface area contributed by atoms with Gasteiger partial charge in [-0.1, -0.05) is 24.3 Å². The third-order valence-corrected chi connectivity index (χ3v) is 2.61. The van der Waals surface area contributed by atoms with Crippen LogP contribution in [0.3, 0.4) is 0 Å². The SMILES string of the molecule is CC(C)(O)c1ccc(-c2ccncc2)cc1. The molecule has 0 saturated carbocycles. The van der Waals surface area contributed by atoms with E-state index >= 15 is 0 Å². The van der Waals surface area contributed by atoms with Gasteiger partial charge in [-0.3, -0.25) is 4.98 Å². The molecule has 2 rings (SSSR count). The topological polar surface area (TPSA) is 33.1 Å². The normalized spacial score (nSPS) is 11.4. The van der Waals surface area contributed by atoms with E-state index in [1.54, 1.807) is 26.2 Å². The van der Waals surface area contributed by atoms with Gasteiger partial charge in [0.05, 0.1) is 5.60 Å². The van der Waals surface area contributed by atoms with E-state index in [2.05, 4.69) is 4.98 Å². The number of aromatic nitrogens is 1. The molecule has 1 aromatic heterocycles. The molecule has 2 nitrogen and oxygen atoms in total. The van der Waals surface area contributed by atoms with Crippen molar-refractivity contribution in [2.75, 3.05) is 0 Å². The number of nitrogens with zero attached hydrogens (tertiary/aromatic N) is 1. The minimum atomic E-state index is -0.781. The largest absolute Gasteiger partial charge is 0.386 e. The molecule has 1 heterocycles. The summed E-state index contributed by atoms with van der Waals surface area (Å²) in [5, 5.41) is 9.84. The molecule has 0 radical (unpaired) electrons. The lowest BCUT2D eigenvalue weighted by Crippen LogP contribution is -2.14. The molecule has 0 unspecified atom stereocenters. The summed E-state index contributed by atoms with van der Waals surface area (Å²) >= 11 is 0. The number of hydrogen-bond donors (Lipinski definition) is 1. The van der Waals surface area contributed by atoms with Crippen molar-refractivity contribution in [3.8, 4) is 11.1 Å². The fourth-order valence-corrected chi connectivity index (χ4v) is 1.61. The average Bonchev–Trinajstić information content (AvgIpc) is 2.29. The fourth-order valence-electron chi connectivity index (χ4n) is 1.61. The van der Waals surface area contributed by atoms with Crippen LogP contribution < -0.4 is 0 Å². The first-order valence-electron chi connectivity index (χ1n) is 5.31. The highest BCUT2D eigenvalue weighted by atomic mass is 16.3. The second kappa shape index (κ2) is 4.06. The Balaban J connectivity index is 2.34. The van der Waals surface area contributed by atoms with Gasteiger partial charge >= 0.3 is 0 Å². The van der Waals surface area contributed by atoms with E-state index in [1.165, 1.54) is 0 Å². The molecule has 0 atom stereocenters. The molecule has 0 spiro atoms. The molecule has 0 aliphatic rings. The van der Waals surface area contributed by atoms with Crippen molar-refractivity contribution in [3.63, 3.8) is 0 Å². The van der Waals surface area contributed by atoms with Crippen LogP contribution in [0.25, 0.3) is 11.1 Å². The van der Waals surface area contributed by atoms with Gasteiger partial charge in [0.1, 0.15) is 0 Å². The summed E-state index contributed by atoms with van der Waals surface area (Å²) in [5.74, 6) is 0. The van der Waals surface area contributed by atoms with Crippen LogP contribution in [0.2, 0.25) is 0 Å². The maximum absolute atomic E-state index is 9.84. The second-order valence-corrected chi connectivity index (χ2v) is 4.37. The Bertz CT molecular complexity index is 454. The Morgan fingerprint density at radius 3 is 1.88 bits per heavy atom. The van der Waals surface area contributed by atoms with Crippen molar-refractivity contribution < 1.29 is 5.11 Å². The van der Waals surface area contributed by atoms with Gasteiger partial charge in [0.2, 0.25) is 0 Å². The van der Waals surface area contributed by atoms with Crippen molar-refractivity contribution in [2.24, 2.45) is 0 Å². The van der Waals surface area contributed by atoms with Crippen LogP contribution in [0.1, 0.15) is 19.4 Å². The van der Waals surface area contributed by atoms with Crippen LogP contribution in [0.15, 0.2) is 48.8 Å². The van der Waals surface area contributed by atoms with E-state index in [-0.39, 0.29) is 0 Å². The second-order valence-electron chi connectivity index (χ2n) is 4.37. The summed E-state index contributed by atoms with van der Waals surface area (Å²) in [6.07, 6.45) is 3.55. The van der Waals surface area contributed by atoms with Crippen LogP contribution in [0, 0.1) is 0 Å². The minimum absolute atomic E-state index is 0.781. The Morgan fingerprint density at radius 2 is 1.38 bits per heavy atom. The molecular formula is C14H15NO. The molecule has 0 aliphatic carbocycles. The highest BCUT2D eigenvalue weighted by Gasteiger charge is 2.15. The summed E-state index contributed by atoms with van der Waals surface area (Å²) in [4.78, 5) is 3.99. The van der Waals surface area contributed by atoms with E-state index < -0.39 is 5.60 Å². The van der Waals surface area contributed by atoms with Gasteiger partial charge in [0.25, 0.3) is 0 Å². The summed E-state index contributed by atoms with van der Waals surface area (Å²) in [6.45, 7) is 3.57. The molecule has 0 saturated heterocycles. The van der Waals surface area contributed by atoms with Gasteiger partial charge in [-0.25, -0.2) is 0 Å². The van der Waals surface area contributed by atoms with Crippen molar-refractivity contribution in [1.82, 2.24) is 4.98 Å². The predicted molar refractivity (Wildman–Crippen MR) is 64.9 cm³/mol. The quantitative estimate of drug-likeness (QED) is 0.832. The van der Waals surface area contributed by atoms with Crippen molar-refractivity contribution in [2.45, 2.75) is 19.4 Å². The third-order valence-electron chi connectivity index (χ3n) is 2.61. The van der Waals surface area contributed by atoms with Crippen molar-refractivity contribution in [3.05, 3.63) is 54.4 Å². The molecule has 0 aliphatic heterocycles. The number of hydrogen-bond acceptors (Lipinski definition) is 2. The third kappa shape index (κ3) is 2.28. The van der Waals surface area contributed by atoms with Crippen molar-refractivity contribution >= 4 is 0 Å². The number of aliphatic hydroxyl groups is 1. The molecular weight excluding hydrogens is 198 g/mol. The molecule has 2 aromatic rings. The fraction of sp³-hybridized carbons (Fsp3) is 0.214. The van der Waals surface area contributed by atoms with Crippen LogP contribution in [-0.2, 0) is 5.60 Å². The number of rotatable bonds is 2. The lowest BCUT2D eigenvalue weighted by atomic mass is 9.96. The molecule has 82 valence electrons. The summed E-state index contributed by atoms with van der Waals surface area (Å²) < 4.78 is 0. The molecule has 0 fully saturated rings. The van der Waals surface area contributed by atoms with Crippen LogP contribution >= 0.6 is 0 Å². The minimum Gasteiger partial charge on any atom is -0.386 e. The van der Waals surface area contributed by atoms with E-state index in [4.69, 9.17) is 0 Å². The first kappa shape index (κ1) is 10.8. The molecule has 2 heteroatoms. The molecule has 16 heavy (non-hydrogen) atoms. The molecule has 0 bridgehead atoms. The zero-order chi connectivity index (χ0) is 11.6. The van der Waals surface area contributed by atoms with E-state index in [0.717, 1.165) is 16.7 Å². The van der Waals surface area contributed by atoms with Crippen LogP contribution in [-0.4, -0.2) is 10.1 Å². The summed E-state index contributed by atoms with van der Waals surface area (Å²) in [6, 6.07) is 11.9. The molecule has 0 amide bonds. The number of benzene rings is 1. The Hall–Kier alpha value is -1.67. The first-order chi connectivity index (χ1) is 7.57. The highest BCUT2D eigenvalue weighted by molar-refractivity contribution is 5.63. The van der Waals surface area contributed by atoms with Gasteiger partial charge in [-0.2, -0.15) is 0 Å². The standard InChI is InChI=1S/C14H15NO/c1-14(2,16)13-5-3-11(4-6-13)12-7-9-15-10-8-12/h3-10,16H,1-2H3. The first-order valence-corrected chi connectivity index (χ1v) is 5.31. The maximum atomic E-state index is 9.84. The van der Waals surface area contributed by atoms with Gasteiger partial charge in [0.15, 0.2) is 0 Å². The highest BCUT2D eigenvalue weighted by Crippen LogP contribution is 2.24. The lowest BCUT2D eigenvalue weighted by Gasteiger charge is -2.17. The molecule has 1 N–H and O–H groups in total. The van der Waals surface area contributed by atoms with Gasteiger partial charge < -0.3 is 5.11 Å². The number of pyridine rings is 1. The Morgan fingerprint density at radius 1 is 0.875 bits per heavy atom. The van der Waals surface area contributed by atoms with E-state index in [1.807, 2.05) is 36.4 Å². The van der Waals surface area contributed by atoms with Gasteiger partial charge in [-0.05, 0) is 42.7 Å². The zero-order valence-electron chi connectivity index (χ0n) is 9.51.